The Labute approximate surface area is 122 Å². The van der Waals surface area contributed by atoms with E-state index in [9.17, 15) is 9.18 Å². The molecule has 0 unspecified atom stereocenters. The number of hydrogen-bond acceptors (Lipinski definition) is 3. The van der Waals surface area contributed by atoms with E-state index in [1.807, 2.05) is 0 Å². The Bertz CT molecular complexity index is 683. The highest BCUT2D eigenvalue weighted by atomic mass is 19.1. The van der Waals surface area contributed by atoms with Crippen LogP contribution >= 0.6 is 0 Å². The first kappa shape index (κ1) is 14.3. The molecule has 1 fully saturated rings. The van der Waals surface area contributed by atoms with E-state index in [0.717, 1.165) is 38.7 Å². The van der Waals surface area contributed by atoms with E-state index in [1.54, 1.807) is 4.57 Å². The van der Waals surface area contributed by atoms with Crippen LogP contribution in [0.25, 0.3) is 11.2 Å². The number of piperidine rings is 1. The number of aromatic amines is 1. The molecule has 1 aliphatic rings. The molecule has 113 valence electrons. The van der Waals surface area contributed by atoms with Gasteiger partial charge in [-0.15, -0.1) is 0 Å². The molecule has 0 bridgehead atoms. The highest BCUT2D eigenvalue weighted by Gasteiger charge is 2.24. The Kier molecular flexibility index (Phi) is 3.80. The second kappa shape index (κ2) is 5.60. The van der Waals surface area contributed by atoms with Crippen molar-refractivity contribution < 1.29 is 4.39 Å². The highest BCUT2D eigenvalue weighted by Crippen LogP contribution is 2.25. The molecule has 3 rings (SSSR count). The standard InChI is InChI=1S/C15H20FN4O/c1-10(2)9-19-5-3-12(4-6-19)20-13-7-11(16)8-17-14(13)18-15(20)21/h7-8,12H,3-6,9H2,1-2H3,(H,17,18,21). The Morgan fingerprint density at radius 2 is 2.14 bits per heavy atom. The van der Waals surface area contributed by atoms with E-state index in [4.69, 9.17) is 0 Å². The van der Waals surface area contributed by atoms with E-state index in [1.165, 1.54) is 12.0 Å². The molecule has 6 heteroatoms. The number of nitrogens with zero attached hydrogens (tertiary/aromatic N) is 3. The van der Waals surface area contributed by atoms with Crippen LogP contribution in [0.1, 0.15) is 32.7 Å². The predicted molar refractivity (Wildman–Crippen MR) is 79.6 cm³/mol. The molecular formula is C15H20FN4O. The van der Waals surface area contributed by atoms with Gasteiger partial charge in [-0.25, -0.2) is 14.2 Å². The smallest absolute Gasteiger partial charge is 0.303 e. The molecule has 0 aliphatic carbocycles. The third kappa shape index (κ3) is 2.85. The lowest BCUT2D eigenvalue weighted by Gasteiger charge is -2.33. The van der Waals surface area contributed by atoms with Gasteiger partial charge in [0.15, 0.2) is 5.65 Å². The van der Waals surface area contributed by atoms with E-state index in [-0.39, 0.29) is 11.7 Å². The average Bonchev–Trinajstić information content (AvgIpc) is 2.74. The zero-order valence-electron chi connectivity index (χ0n) is 12.4. The van der Waals surface area contributed by atoms with Crippen molar-refractivity contribution in [3.63, 3.8) is 0 Å². The highest BCUT2D eigenvalue weighted by molar-refractivity contribution is 5.70. The summed E-state index contributed by atoms with van der Waals surface area (Å²) in [4.78, 5) is 21.2. The Balaban J connectivity index is 1.84. The minimum absolute atomic E-state index is 0.114. The molecule has 0 spiro atoms. The molecule has 3 heterocycles. The lowest BCUT2D eigenvalue weighted by molar-refractivity contribution is 0.193. The largest absolute Gasteiger partial charge is 0.327 e. The Morgan fingerprint density at radius 1 is 1.43 bits per heavy atom. The van der Waals surface area contributed by atoms with Crippen molar-refractivity contribution in [2.45, 2.75) is 32.7 Å². The molecule has 2 aromatic heterocycles. The summed E-state index contributed by atoms with van der Waals surface area (Å²) in [5.74, 6) is 0.980. The lowest BCUT2D eigenvalue weighted by atomic mass is 10.0. The van der Waals surface area contributed by atoms with Gasteiger partial charge in [0.25, 0.3) is 0 Å². The molecule has 1 radical (unpaired) electrons. The van der Waals surface area contributed by atoms with Crippen LogP contribution in [0, 0.1) is 11.7 Å². The van der Waals surface area contributed by atoms with Crippen molar-refractivity contribution in [2.24, 2.45) is 0 Å². The quantitative estimate of drug-likeness (QED) is 0.942. The maximum Gasteiger partial charge on any atom is 0.327 e. The van der Waals surface area contributed by atoms with Crippen LogP contribution < -0.4 is 5.69 Å². The summed E-state index contributed by atoms with van der Waals surface area (Å²) in [6.07, 6.45) is 2.93. The van der Waals surface area contributed by atoms with Crippen LogP contribution in [0.15, 0.2) is 17.1 Å². The van der Waals surface area contributed by atoms with Crippen molar-refractivity contribution >= 4 is 11.2 Å². The number of hydrogen-bond donors (Lipinski definition) is 1. The molecule has 0 atom stereocenters. The summed E-state index contributed by atoms with van der Waals surface area (Å²) < 4.78 is 15.1. The average molecular weight is 291 g/mol. The van der Waals surface area contributed by atoms with Crippen LogP contribution in [-0.4, -0.2) is 39.1 Å². The minimum Gasteiger partial charge on any atom is -0.303 e. The second-order valence-electron chi connectivity index (χ2n) is 6.04. The van der Waals surface area contributed by atoms with Gasteiger partial charge in [0.05, 0.1) is 11.7 Å². The number of halogens is 1. The van der Waals surface area contributed by atoms with Gasteiger partial charge in [0.1, 0.15) is 5.82 Å². The van der Waals surface area contributed by atoms with E-state index >= 15 is 0 Å². The van der Waals surface area contributed by atoms with Crippen LogP contribution in [0.2, 0.25) is 0 Å². The van der Waals surface area contributed by atoms with Crippen LogP contribution in [-0.2, 0) is 0 Å². The fraction of sp³-hybridized carbons (Fsp3) is 0.533. The molecule has 0 saturated carbocycles. The number of imidazole rings is 1. The zero-order chi connectivity index (χ0) is 15.0. The number of H-pyrrole nitrogens is 1. The first-order valence-electron chi connectivity index (χ1n) is 7.32. The molecule has 21 heavy (non-hydrogen) atoms. The summed E-state index contributed by atoms with van der Waals surface area (Å²) in [6, 6.07) is 1.50. The van der Waals surface area contributed by atoms with Gasteiger partial charge in [-0.2, -0.15) is 0 Å². The first-order chi connectivity index (χ1) is 10.0. The Morgan fingerprint density at radius 3 is 2.81 bits per heavy atom. The van der Waals surface area contributed by atoms with Gasteiger partial charge >= 0.3 is 5.69 Å². The van der Waals surface area contributed by atoms with Crippen molar-refractivity contribution in [3.05, 3.63) is 34.5 Å². The fourth-order valence-corrected chi connectivity index (χ4v) is 3.12. The lowest BCUT2D eigenvalue weighted by Crippen LogP contribution is -2.38. The van der Waals surface area contributed by atoms with Crippen molar-refractivity contribution in [1.82, 2.24) is 19.4 Å². The number of aromatic nitrogens is 3. The predicted octanol–water partition coefficient (Wildman–Crippen LogP) is 2.11. The third-order valence-electron chi connectivity index (χ3n) is 4.00. The zero-order valence-corrected chi connectivity index (χ0v) is 12.4. The molecule has 1 N–H and O–H groups in total. The van der Waals surface area contributed by atoms with Gasteiger partial charge in [0, 0.05) is 31.7 Å². The normalized spacial score (nSPS) is 17.9. The molecule has 2 aromatic rings. The number of nitrogens with one attached hydrogen (secondary N) is 1. The number of pyridine rings is 1. The van der Waals surface area contributed by atoms with Gasteiger partial charge in [0.2, 0.25) is 0 Å². The minimum atomic E-state index is -0.413. The fourth-order valence-electron chi connectivity index (χ4n) is 3.12. The van der Waals surface area contributed by atoms with Gasteiger partial charge < -0.3 is 4.90 Å². The molecule has 0 aromatic carbocycles. The third-order valence-corrected chi connectivity index (χ3v) is 4.00. The maximum absolute atomic E-state index is 13.4. The molecule has 5 nitrogen and oxygen atoms in total. The van der Waals surface area contributed by atoms with Gasteiger partial charge in [-0.3, -0.25) is 9.55 Å². The summed E-state index contributed by atoms with van der Waals surface area (Å²) >= 11 is 0. The van der Waals surface area contributed by atoms with Crippen LogP contribution in [0.4, 0.5) is 4.39 Å². The van der Waals surface area contributed by atoms with Crippen molar-refractivity contribution in [2.75, 3.05) is 19.6 Å². The van der Waals surface area contributed by atoms with Crippen LogP contribution in [0.5, 0.6) is 0 Å². The molecule has 1 aliphatic heterocycles. The van der Waals surface area contributed by atoms with E-state index in [2.05, 4.69) is 28.7 Å². The van der Waals surface area contributed by atoms with Crippen molar-refractivity contribution in [1.29, 1.82) is 0 Å². The van der Waals surface area contributed by atoms with Crippen LogP contribution in [0.3, 0.4) is 0 Å². The second-order valence-corrected chi connectivity index (χ2v) is 6.04. The topological polar surface area (TPSA) is 53.9 Å². The van der Waals surface area contributed by atoms with Gasteiger partial charge in [-0.1, -0.05) is 13.8 Å². The SMILES string of the molecule is C[C](C)CN1CCC(n2c(=O)[nH]c3ncc(F)cc32)CC1. The van der Waals surface area contributed by atoms with Gasteiger partial charge in [-0.05, 0) is 18.8 Å². The van der Waals surface area contributed by atoms with E-state index < -0.39 is 5.82 Å². The number of fused-ring (bicyclic) bond motifs is 1. The first-order valence-corrected chi connectivity index (χ1v) is 7.32. The number of likely N-dealkylation sites (tertiary alicyclic amines) is 1. The Hall–Kier alpha value is -1.69. The van der Waals surface area contributed by atoms with Crippen molar-refractivity contribution in [3.8, 4) is 0 Å². The number of rotatable bonds is 3. The molecule has 0 amide bonds. The molecule has 1 saturated heterocycles. The maximum atomic E-state index is 13.4. The molecular weight excluding hydrogens is 271 g/mol. The summed E-state index contributed by atoms with van der Waals surface area (Å²) in [6.45, 7) is 7.18. The summed E-state index contributed by atoms with van der Waals surface area (Å²) in [5, 5.41) is 0. The monoisotopic (exact) mass is 291 g/mol. The summed E-state index contributed by atoms with van der Waals surface area (Å²) in [5.41, 5.74) is 0.832. The van der Waals surface area contributed by atoms with E-state index in [0.29, 0.717) is 11.2 Å². The summed E-state index contributed by atoms with van der Waals surface area (Å²) in [7, 11) is 0.